The van der Waals surface area contributed by atoms with Crippen LogP contribution in [0.3, 0.4) is 0 Å². The molecule has 0 fully saturated rings. The third kappa shape index (κ3) is 3.24. The largest absolute Gasteiger partial charge is 0.318 e. The predicted octanol–water partition coefficient (Wildman–Crippen LogP) is 4.06. The zero-order chi connectivity index (χ0) is 11.6. The summed E-state index contributed by atoms with van der Waals surface area (Å²) in [5, 5.41) is 2.06. The third-order valence-electron chi connectivity index (χ3n) is 2.34. The van der Waals surface area contributed by atoms with Crippen LogP contribution >= 0.6 is 11.6 Å². The van der Waals surface area contributed by atoms with Gasteiger partial charge in [-0.05, 0) is 41.1 Å². The van der Waals surface area contributed by atoms with Crippen LogP contribution in [0.25, 0.3) is 0 Å². The summed E-state index contributed by atoms with van der Waals surface area (Å²) < 4.78 is 0. The Morgan fingerprint density at radius 1 is 1.33 bits per heavy atom. The number of hydrogen-bond acceptors (Lipinski definition) is 1. The number of aryl methyl sites for hydroxylation is 1. The van der Waals surface area contributed by atoms with E-state index in [-0.39, 0.29) is 5.41 Å². The van der Waals surface area contributed by atoms with E-state index < -0.39 is 5.37 Å². The van der Waals surface area contributed by atoms with Gasteiger partial charge in [-0.1, -0.05) is 32.9 Å². The molecule has 3 heteroatoms. The van der Waals surface area contributed by atoms with Gasteiger partial charge in [0.05, 0.1) is 0 Å². The molecule has 0 saturated carbocycles. The molecule has 15 heavy (non-hydrogen) atoms. The highest BCUT2D eigenvalue weighted by molar-refractivity contribution is 6.65. The van der Waals surface area contributed by atoms with Crippen molar-refractivity contribution < 1.29 is 4.79 Å². The summed E-state index contributed by atoms with van der Waals surface area (Å²) in [6, 6.07) is 6.03. The maximum atomic E-state index is 10.8. The molecule has 1 amide bonds. The van der Waals surface area contributed by atoms with E-state index in [9.17, 15) is 4.79 Å². The molecule has 1 rings (SSSR count). The Morgan fingerprint density at radius 3 is 2.40 bits per heavy atom. The second-order valence-corrected chi connectivity index (χ2v) is 5.02. The number of carbonyl (C=O) groups is 1. The fourth-order valence-electron chi connectivity index (χ4n) is 1.33. The minimum atomic E-state index is -0.552. The van der Waals surface area contributed by atoms with E-state index in [0.717, 1.165) is 11.3 Å². The lowest BCUT2D eigenvalue weighted by Gasteiger charge is -2.20. The molecule has 0 atom stereocenters. The summed E-state index contributed by atoms with van der Waals surface area (Å²) in [5.41, 5.74) is 3.03. The molecule has 2 nitrogen and oxygen atoms in total. The third-order valence-corrected chi connectivity index (χ3v) is 2.43. The highest BCUT2D eigenvalue weighted by Gasteiger charge is 2.14. The van der Waals surface area contributed by atoms with E-state index in [1.54, 1.807) is 0 Å². The molecule has 1 aromatic rings. The zero-order valence-corrected chi connectivity index (χ0v) is 10.3. The van der Waals surface area contributed by atoms with E-state index in [4.69, 9.17) is 11.6 Å². The molecular weight excluding hydrogens is 210 g/mol. The van der Waals surface area contributed by atoms with Crippen molar-refractivity contribution in [3.8, 4) is 0 Å². The fourth-order valence-corrected chi connectivity index (χ4v) is 1.43. The van der Waals surface area contributed by atoms with Crippen molar-refractivity contribution in [2.75, 3.05) is 5.32 Å². The number of hydrogen-bond donors (Lipinski definition) is 1. The number of carbonyl (C=O) groups excluding carboxylic acids is 1. The first-order valence-electron chi connectivity index (χ1n) is 4.88. The smallest absolute Gasteiger partial charge is 0.312 e. The van der Waals surface area contributed by atoms with Crippen molar-refractivity contribution >= 4 is 22.7 Å². The van der Waals surface area contributed by atoms with E-state index in [2.05, 4.69) is 32.2 Å². The Balaban J connectivity index is 3.11. The Hall–Kier alpha value is -1.02. The molecule has 0 aromatic heterocycles. The van der Waals surface area contributed by atoms with Crippen molar-refractivity contribution in [1.29, 1.82) is 0 Å². The van der Waals surface area contributed by atoms with Crippen LogP contribution in [0.15, 0.2) is 18.2 Å². The number of halogens is 1. The molecule has 82 valence electrons. The van der Waals surface area contributed by atoms with Gasteiger partial charge in [0.25, 0.3) is 0 Å². The highest BCUT2D eigenvalue weighted by atomic mass is 35.5. The van der Waals surface area contributed by atoms with E-state index >= 15 is 0 Å². The average Bonchev–Trinajstić information content (AvgIpc) is 2.06. The van der Waals surface area contributed by atoms with E-state index in [0.29, 0.717) is 0 Å². The standard InChI is InChI=1S/C12H16ClNO/c1-8-5-6-9(12(2,3)4)7-10(8)14-11(13)15/h5-7H,1-4H3,(H,14,15). The molecule has 0 unspecified atom stereocenters. The second kappa shape index (κ2) is 4.23. The molecule has 0 spiro atoms. The predicted molar refractivity (Wildman–Crippen MR) is 64.8 cm³/mol. The average molecular weight is 226 g/mol. The maximum absolute atomic E-state index is 10.8. The van der Waals surface area contributed by atoms with Gasteiger partial charge in [-0.2, -0.15) is 0 Å². The van der Waals surface area contributed by atoms with Crippen LogP contribution in [0.5, 0.6) is 0 Å². The quantitative estimate of drug-likeness (QED) is 0.567. The maximum Gasteiger partial charge on any atom is 0.318 e. The Labute approximate surface area is 95.6 Å². The second-order valence-electron chi connectivity index (χ2n) is 4.68. The summed E-state index contributed by atoms with van der Waals surface area (Å²) in [6.07, 6.45) is 0. The van der Waals surface area contributed by atoms with Crippen molar-refractivity contribution in [2.45, 2.75) is 33.1 Å². The number of benzene rings is 1. The Morgan fingerprint density at radius 2 is 1.93 bits per heavy atom. The van der Waals surface area contributed by atoms with Gasteiger partial charge in [-0.15, -0.1) is 0 Å². The van der Waals surface area contributed by atoms with Crippen LogP contribution in [0.2, 0.25) is 0 Å². The molecule has 0 radical (unpaired) electrons. The van der Waals surface area contributed by atoms with Gasteiger partial charge in [0.2, 0.25) is 0 Å². The highest BCUT2D eigenvalue weighted by Crippen LogP contribution is 2.27. The van der Waals surface area contributed by atoms with Crippen molar-refractivity contribution in [3.63, 3.8) is 0 Å². The van der Waals surface area contributed by atoms with Crippen molar-refractivity contribution in [1.82, 2.24) is 0 Å². The topological polar surface area (TPSA) is 29.1 Å². The molecule has 1 N–H and O–H groups in total. The minimum absolute atomic E-state index is 0.0689. The monoisotopic (exact) mass is 225 g/mol. The molecule has 1 aromatic carbocycles. The number of anilines is 1. The number of amides is 1. The van der Waals surface area contributed by atoms with Gasteiger partial charge in [0, 0.05) is 5.69 Å². The first-order valence-corrected chi connectivity index (χ1v) is 5.26. The molecule has 0 aliphatic heterocycles. The summed E-state index contributed by atoms with van der Waals surface area (Å²) in [4.78, 5) is 10.8. The lowest BCUT2D eigenvalue weighted by Crippen LogP contribution is -2.12. The molecular formula is C12H16ClNO. The Kier molecular flexibility index (Phi) is 3.40. The van der Waals surface area contributed by atoms with Crippen LogP contribution in [0.4, 0.5) is 10.5 Å². The first-order chi connectivity index (χ1) is 6.80. The molecule has 0 aliphatic rings. The number of nitrogens with one attached hydrogen (secondary N) is 1. The zero-order valence-electron chi connectivity index (χ0n) is 9.52. The first kappa shape index (κ1) is 12.1. The van der Waals surface area contributed by atoms with Crippen LogP contribution in [0, 0.1) is 6.92 Å². The van der Waals surface area contributed by atoms with Gasteiger partial charge in [-0.25, -0.2) is 0 Å². The van der Waals surface area contributed by atoms with Gasteiger partial charge >= 0.3 is 5.37 Å². The van der Waals surface area contributed by atoms with Gasteiger partial charge in [-0.3, -0.25) is 4.79 Å². The lowest BCUT2D eigenvalue weighted by molar-refractivity contribution is 0.269. The molecule has 0 saturated heterocycles. The van der Waals surface area contributed by atoms with Crippen LogP contribution in [-0.4, -0.2) is 5.37 Å². The van der Waals surface area contributed by atoms with Gasteiger partial charge < -0.3 is 5.32 Å². The fraction of sp³-hybridized carbons (Fsp3) is 0.417. The van der Waals surface area contributed by atoms with Crippen LogP contribution in [-0.2, 0) is 5.41 Å². The summed E-state index contributed by atoms with van der Waals surface area (Å²) in [5.74, 6) is 0. The molecule has 0 heterocycles. The van der Waals surface area contributed by atoms with E-state index in [1.807, 2.05) is 19.1 Å². The molecule has 0 aliphatic carbocycles. The summed E-state index contributed by atoms with van der Waals surface area (Å²) in [6.45, 7) is 8.33. The van der Waals surface area contributed by atoms with Gasteiger partial charge in [0.15, 0.2) is 0 Å². The number of rotatable bonds is 1. The SMILES string of the molecule is Cc1ccc(C(C)(C)C)cc1NC(=O)Cl. The Bertz CT molecular complexity index is 380. The molecule has 0 bridgehead atoms. The van der Waals surface area contributed by atoms with E-state index in [1.165, 1.54) is 5.56 Å². The lowest BCUT2D eigenvalue weighted by atomic mass is 9.86. The van der Waals surface area contributed by atoms with Crippen LogP contribution in [0.1, 0.15) is 31.9 Å². The minimum Gasteiger partial charge on any atom is -0.312 e. The normalized spacial score (nSPS) is 11.3. The van der Waals surface area contributed by atoms with Crippen molar-refractivity contribution in [2.24, 2.45) is 0 Å². The van der Waals surface area contributed by atoms with Gasteiger partial charge in [0.1, 0.15) is 0 Å². The van der Waals surface area contributed by atoms with Crippen molar-refractivity contribution in [3.05, 3.63) is 29.3 Å². The summed E-state index contributed by atoms with van der Waals surface area (Å²) >= 11 is 5.30. The van der Waals surface area contributed by atoms with Crippen LogP contribution < -0.4 is 5.32 Å². The summed E-state index contributed by atoms with van der Waals surface area (Å²) in [7, 11) is 0.